The van der Waals surface area contributed by atoms with Gasteiger partial charge in [0.1, 0.15) is 18.2 Å². The minimum absolute atomic E-state index is 0.300. The Morgan fingerprint density at radius 2 is 1.89 bits per heavy atom. The van der Waals surface area contributed by atoms with Crippen LogP contribution >= 0.6 is 39.1 Å². The van der Waals surface area contributed by atoms with E-state index < -0.39 is 0 Å². The van der Waals surface area contributed by atoms with Gasteiger partial charge in [-0.25, -0.2) is 4.39 Å². The molecule has 0 radical (unpaired) electrons. The molecule has 18 heavy (non-hydrogen) atoms. The number of hydrogen-bond donors (Lipinski definition) is 0. The molecule has 0 spiro atoms. The van der Waals surface area contributed by atoms with Crippen LogP contribution in [-0.4, -0.2) is 0 Å². The van der Waals surface area contributed by atoms with Crippen LogP contribution in [0, 0.1) is 5.82 Å². The van der Waals surface area contributed by atoms with Gasteiger partial charge in [0, 0.05) is 15.6 Å². The molecule has 0 unspecified atom stereocenters. The van der Waals surface area contributed by atoms with E-state index in [0.29, 0.717) is 26.9 Å². The van der Waals surface area contributed by atoms with Crippen LogP contribution in [0.1, 0.15) is 5.56 Å². The van der Waals surface area contributed by atoms with Gasteiger partial charge in [0.15, 0.2) is 0 Å². The highest BCUT2D eigenvalue weighted by molar-refractivity contribution is 9.10. The van der Waals surface area contributed by atoms with Crippen molar-refractivity contribution in [3.05, 3.63) is 62.3 Å². The maximum atomic E-state index is 13.0. The third-order valence-electron chi connectivity index (χ3n) is 2.30. The molecule has 0 aliphatic carbocycles. The second-order valence-corrected chi connectivity index (χ2v) is 5.30. The van der Waals surface area contributed by atoms with E-state index in [0.717, 1.165) is 5.56 Å². The van der Waals surface area contributed by atoms with Gasteiger partial charge in [0.05, 0.1) is 4.47 Å². The van der Waals surface area contributed by atoms with Gasteiger partial charge >= 0.3 is 0 Å². The van der Waals surface area contributed by atoms with E-state index in [4.69, 9.17) is 27.9 Å². The second kappa shape index (κ2) is 5.91. The first-order chi connectivity index (χ1) is 8.56. The average Bonchev–Trinajstić information content (AvgIpc) is 2.32. The molecule has 2 rings (SSSR count). The van der Waals surface area contributed by atoms with Gasteiger partial charge in [-0.2, -0.15) is 0 Å². The quantitative estimate of drug-likeness (QED) is 0.713. The Balaban J connectivity index is 2.09. The van der Waals surface area contributed by atoms with Crippen molar-refractivity contribution in [2.75, 3.05) is 0 Å². The molecule has 0 fully saturated rings. The van der Waals surface area contributed by atoms with Gasteiger partial charge in [-0.15, -0.1) is 0 Å². The molecular weight excluding hydrogens is 342 g/mol. The molecule has 0 aliphatic rings. The molecule has 0 saturated heterocycles. The highest BCUT2D eigenvalue weighted by Gasteiger charge is 2.04. The van der Waals surface area contributed by atoms with Gasteiger partial charge < -0.3 is 4.74 Å². The Hall–Kier alpha value is -0.770. The summed E-state index contributed by atoms with van der Waals surface area (Å²) in [5.41, 5.74) is 0.821. The molecule has 2 aromatic rings. The Kier molecular flexibility index (Phi) is 4.49. The zero-order valence-corrected chi connectivity index (χ0v) is 12.2. The van der Waals surface area contributed by atoms with E-state index >= 15 is 0 Å². The summed E-state index contributed by atoms with van der Waals surface area (Å²) in [7, 11) is 0. The summed E-state index contributed by atoms with van der Waals surface area (Å²) in [6, 6.07) is 9.66. The van der Waals surface area contributed by atoms with E-state index in [2.05, 4.69) is 15.9 Å². The molecule has 0 bridgehead atoms. The minimum Gasteiger partial charge on any atom is -0.489 e. The standard InChI is InChI=1S/C13H8BrCl2FO/c14-11-6-10(3-4-13(11)17)18-7-8-1-2-9(15)5-12(8)16/h1-6H,7H2. The zero-order chi connectivity index (χ0) is 13.1. The number of halogens is 4. The fraction of sp³-hybridized carbons (Fsp3) is 0.0769. The molecule has 0 saturated carbocycles. The first kappa shape index (κ1) is 13.7. The average molecular weight is 350 g/mol. The van der Waals surface area contributed by atoms with E-state index in [-0.39, 0.29) is 5.82 Å². The van der Waals surface area contributed by atoms with Crippen LogP contribution in [0.5, 0.6) is 5.75 Å². The maximum Gasteiger partial charge on any atom is 0.137 e. The third kappa shape index (κ3) is 3.37. The van der Waals surface area contributed by atoms with Crippen molar-refractivity contribution < 1.29 is 9.13 Å². The molecule has 94 valence electrons. The Morgan fingerprint density at radius 3 is 2.56 bits per heavy atom. The summed E-state index contributed by atoms with van der Waals surface area (Å²) in [5.74, 6) is 0.237. The Morgan fingerprint density at radius 1 is 1.11 bits per heavy atom. The summed E-state index contributed by atoms with van der Waals surface area (Å²) in [6.45, 7) is 0.300. The smallest absolute Gasteiger partial charge is 0.137 e. The highest BCUT2D eigenvalue weighted by Crippen LogP contribution is 2.25. The maximum absolute atomic E-state index is 13.0. The van der Waals surface area contributed by atoms with Crippen molar-refractivity contribution in [2.24, 2.45) is 0 Å². The predicted octanol–water partition coefficient (Wildman–Crippen LogP) is 5.47. The number of rotatable bonds is 3. The van der Waals surface area contributed by atoms with Crippen LogP contribution in [0.15, 0.2) is 40.9 Å². The van der Waals surface area contributed by atoms with Gasteiger partial charge in [-0.3, -0.25) is 0 Å². The van der Waals surface area contributed by atoms with Crippen molar-refractivity contribution >= 4 is 39.1 Å². The summed E-state index contributed by atoms with van der Waals surface area (Å²) >= 11 is 14.9. The van der Waals surface area contributed by atoms with Crippen molar-refractivity contribution in [2.45, 2.75) is 6.61 Å². The van der Waals surface area contributed by atoms with Crippen LogP contribution in [0.3, 0.4) is 0 Å². The number of hydrogen-bond acceptors (Lipinski definition) is 1. The molecule has 1 nitrogen and oxygen atoms in total. The van der Waals surface area contributed by atoms with Gasteiger partial charge in [0.25, 0.3) is 0 Å². The largest absolute Gasteiger partial charge is 0.489 e. The van der Waals surface area contributed by atoms with Gasteiger partial charge in [0.2, 0.25) is 0 Å². The molecule has 0 N–H and O–H groups in total. The van der Waals surface area contributed by atoms with Crippen molar-refractivity contribution in [1.82, 2.24) is 0 Å². The monoisotopic (exact) mass is 348 g/mol. The van der Waals surface area contributed by atoms with Crippen molar-refractivity contribution in [3.63, 3.8) is 0 Å². The fourth-order valence-electron chi connectivity index (χ4n) is 1.37. The third-order valence-corrected chi connectivity index (χ3v) is 3.50. The van der Waals surface area contributed by atoms with Crippen LogP contribution in [-0.2, 0) is 6.61 Å². The van der Waals surface area contributed by atoms with E-state index in [1.165, 1.54) is 6.07 Å². The van der Waals surface area contributed by atoms with Crippen LogP contribution in [0.4, 0.5) is 4.39 Å². The number of benzene rings is 2. The molecule has 0 heterocycles. The van der Waals surface area contributed by atoms with Crippen LogP contribution in [0.25, 0.3) is 0 Å². The molecule has 0 aromatic heterocycles. The molecule has 2 aromatic carbocycles. The summed E-state index contributed by atoms with van der Waals surface area (Å²) in [6.07, 6.45) is 0. The fourth-order valence-corrected chi connectivity index (χ4v) is 2.19. The zero-order valence-electron chi connectivity index (χ0n) is 9.09. The first-order valence-electron chi connectivity index (χ1n) is 5.08. The van der Waals surface area contributed by atoms with Crippen molar-refractivity contribution in [3.8, 4) is 5.75 Å². The molecule has 5 heteroatoms. The van der Waals surface area contributed by atoms with Gasteiger partial charge in [-0.05, 0) is 46.3 Å². The minimum atomic E-state index is -0.327. The summed E-state index contributed by atoms with van der Waals surface area (Å²) < 4.78 is 18.9. The van der Waals surface area contributed by atoms with E-state index in [1.807, 2.05) is 0 Å². The second-order valence-electron chi connectivity index (χ2n) is 3.60. The Labute approximate surface area is 123 Å². The predicted molar refractivity (Wildman–Crippen MR) is 74.9 cm³/mol. The summed E-state index contributed by atoms with van der Waals surface area (Å²) in [5, 5.41) is 1.12. The lowest BCUT2D eigenvalue weighted by molar-refractivity contribution is 0.305. The molecule has 0 amide bonds. The molecule has 0 atom stereocenters. The van der Waals surface area contributed by atoms with Crippen molar-refractivity contribution in [1.29, 1.82) is 0 Å². The number of ether oxygens (including phenoxy) is 1. The lowest BCUT2D eigenvalue weighted by atomic mass is 10.2. The topological polar surface area (TPSA) is 9.23 Å². The summed E-state index contributed by atoms with van der Waals surface area (Å²) in [4.78, 5) is 0. The highest BCUT2D eigenvalue weighted by atomic mass is 79.9. The first-order valence-corrected chi connectivity index (χ1v) is 6.63. The SMILES string of the molecule is Fc1ccc(OCc2ccc(Cl)cc2Cl)cc1Br. The van der Waals surface area contributed by atoms with Crippen LogP contribution in [0.2, 0.25) is 10.0 Å². The lowest BCUT2D eigenvalue weighted by Gasteiger charge is -2.08. The van der Waals surface area contributed by atoms with E-state index in [1.54, 1.807) is 30.3 Å². The molecular formula is C13H8BrCl2FO. The Bertz CT molecular complexity index is 575. The molecule has 0 aliphatic heterocycles. The van der Waals surface area contributed by atoms with Crippen LogP contribution < -0.4 is 4.74 Å². The van der Waals surface area contributed by atoms with Gasteiger partial charge in [-0.1, -0.05) is 29.3 Å². The lowest BCUT2D eigenvalue weighted by Crippen LogP contribution is -1.96. The van der Waals surface area contributed by atoms with E-state index in [9.17, 15) is 4.39 Å². The normalized spacial score (nSPS) is 10.4.